The van der Waals surface area contributed by atoms with Gasteiger partial charge < -0.3 is 5.11 Å². The number of fused-ring (bicyclic) bond motifs is 4. The number of aliphatic hydroxyl groups excluding tert-OH is 1. The molecule has 4 aromatic carbocycles. The molecule has 0 atom stereocenters. The first-order valence-corrected chi connectivity index (χ1v) is 10.8. The van der Waals surface area contributed by atoms with E-state index in [1.54, 1.807) is 0 Å². The molecule has 5 aromatic rings. The van der Waals surface area contributed by atoms with Crippen LogP contribution < -0.4 is 0 Å². The molecule has 1 heterocycles. The molecule has 1 aliphatic carbocycles. The van der Waals surface area contributed by atoms with Crippen LogP contribution in [0.15, 0.2) is 96.8 Å². The summed E-state index contributed by atoms with van der Waals surface area (Å²) >= 11 is 0. The van der Waals surface area contributed by atoms with E-state index >= 15 is 0 Å². The monoisotopic (exact) mass is 621 g/mol. The van der Waals surface area contributed by atoms with Crippen molar-refractivity contribution < 1.29 is 30.0 Å². The van der Waals surface area contributed by atoms with Gasteiger partial charge in [-0.2, -0.15) is 0 Å². The number of hydrogen-bond acceptors (Lipinski definition) is 3. The van der Waals surface area contributed by atoms with Crippen molar-refractivity contribution in [2.45, 2.75) is 13.8 Å². The van der Waals surface area contributed by atoms with Crippen molar-refractivity contribution in [2.75, 3.05) is 0 Å². The van der Waals surface area contributed by atoms with E-state index < -0.39 is 0 Å². The van der Waals surface area contributed by atoms with Crippen molar-refractivity contribution in [3.05, 3.63) is 103 Å². The fraction of sp³-hybridized carbons (Fsp3) is 0.0667. The Labute approximate surface area is 212 Å². The molecule has 0 saturated heterocycles. The van der Waals surface area contributed by atoms with E-state index in [4.69, 9.17) is 10.1 Å². The van der Waals surface area contributed by atoms with Gasteiger partial charge in [-0.25, -0.2) is 0 Å². The molecule has 1 aromatic heterocycles. The summed E-state index contributed by atoms with van der Waals surface area (Å²) < 4.78 is 0. The zero-order valence-electron chi connectivity index (χ0n) is 18.8. The Kier molecular flexibility index (Phi) is 6.74. The molecule has 4 heteroatoms. The molecule has 0 aliphatic heterocycles. The number of hydrogen-bond donors (Lipinski definition) is 1. The van der Waals surface area contributed by atoms with Gasteiger partial charge in [0.2, 0.25) is 0 Å². The molecule has 0 bridgehead atoms. The summed E-state index contributed by atoms with van der Waals surface area (Å²) in [5.41, 5.74) is 8.22. The Bertz CT molecular complexity index is 1570. The fourth-order valence-electron chi connectivity index (χ4n) is 4.38. The molecule has 0 fully saturated rings. The topological polar surface area (TPSA) is 50.2 Å². The van der Waals surface area contributed by atoms with Crippen LogP contribution in [0.25, 0.3) is 55.2 Å². The first kappa shape index (κ1) is 23.6. The zero-order valence-corrected chi connectivity index (χ0v) is 21.2. The molecule has 0 amide bonds. The molecule has 1 aliphatic rings. The molecular weight excluding hydrogens is 599 g/mol. The van der Waals surface area contributed by atoms with Gasteiger partial charge in [0.05, 0.1) is 11.3 Å². The third-order valence-electron chi connectivity index (χ3n) is 5.71. The minimum atomic E-state index is -0.125. The molecule has 169 valence electrons. The Hall–Kier alpha value is -3.59. The largest absolute Gasteiger partial charge is 0.512 e. The van der Waals surface area contributed by atoms with E-state index in [-0.39, 0.29) is 31.6 Å². The van der Waals surface area contributed by atoms with Crippen molar-refractivity contribution in [3.8, 4) is 33.5 Å². The van der Waals surface area contributed by atoms with Crippen LogP contribution in [-0.4, -0.2) is 15.9 Å². The molecule has 0 saturated carbocycles. The van der Waals surface area contributed by atoms with Crippen molar-refractivity contribution in [1.82, 2.24) is 4.98 Å². The Morgan fingerprint density at radius 3 is 2.15 bits per heavy atom. The number of aliphatic hydroxyl groups is 1. The van der Waals surface area contributed by atoms with Crippen LogP contribution in [0.2, 0.25) is 0 Å². The number of carbonyl (C=O) groups is 1. The van der Waals surface area contributed by atoms with Crippen molar-refractivity contribution in [3.63, 3.8) is 0 Å². The quantitative estimate of drug-likeness (QED) is 0.124. The number of rotatable bonds is 2. The SMILES string of the molecule is CC(=O)C=C(C)O.[Ir].[c-]1cc2ccccc2cc1-c1cc2c3c(cccc3n1)-c1ccccc1-2. The van der Waals surface area contributed by atoms with E-state index in [0.717, 1.165) is 16.8 Å². The Balaban J connectivity index is 0.000000303. The third-order valence-corrected chi connectivity index (χ3v) is 5.71. The molecule has 3 nitrogen and oxygen atoms in total. The predicted octanol–water partition coefficient (Wildman–Crippen LogP) is 7.54. The van der Waals surface area contributed by atoms with Crippen molar-refractivity contribution >= 4 is 27.5 Å². The predicted molar refractivity (Wildman–Crippen MR) is 135 cm³/mol. The van der Waals surface area contributed by atoms with Gasteiger partial charge in [-0.1, -0.05) is 72.1 Å². The maximum absolute atomic E-state index is 10.0. The van der Waals surface area contributed by atoms with Crippen LogP contribution in [0.4, 0.5) is 0 Å². The first-order valence-electron chi connectivity index (χ1n) is 10.8. The second kappa shape index (κ2) is 9.72. The average Bonchev–Trinajstić information content (AvgIpc) is 3.14. The van der Waals surface area contributed by atoms with Crippen molar-refractivity contribution in [1.29, 1.82) is 0 Å². The number of carbonyl (C=O) groups excluding carboxylic acids is 1. The minimum Gasteiger partial charge on any atom is -0.512 e. The van der Waals surface area contributed by atoms with E-state index in [0.29, 0.717) is 0 Å². The molecule has 34 heavy (non-hydrogen) atoms. The molecular formula is C30H22IrNO2-. The van der Waals surface area contributed by atoms with Crippen LogP contribution in [0.5, 0.6) is 0 Å². The molecule has 0 spiro atoms. The van der Waals surface area contributed by atoms with Crippen LogP contribution in [0, 0.1) is 6.07 Å². The number of nitrogens with zero attached hydrogens (tertiary/aromatic N) is 1. The van der Waals surface area contributed by atoms with Crippen LogP contribution in [-0.2, 0) is 24.9 Å². The van der Waals surface area contributed by atoms with Crippen molar-refractivity contribution in [2.24, 2.45) is 0 Å². The molecule has 1 N–H and O–H groups in total. The van der Waals surface area contributed by atoms with Gasteiger partial charge in [-0.15, -0.1) is 29.1 Å². The van der Waals surface area contributed by atoms with E-state index in [1.807, 2.05) is 0 Å². The van der Waals surface area contributed by atoms with Gasteiger partial charge in [-0.3, -0.25) is 9.78 Å². The zero-order chi connectivity index (χ0) is 22.9. The van der Waals surface area contributed by atoms with Gasteiger partial charge in [0.15, 0.2) is 5.78 Å². The van der Waals surface area contributed by atoms with Gasteiger partial charge in [-0.05, 0) is 47.9 Å². The maximum Gasteiger partial charge on any atom is 0.155 e. The van der Waals surface area contributed by atoms with Gasteiger partial charge in [0.1, 0.15) is 0 Å². The Morgan fingerprint density at radius 1 is 0.824 bits per heavy atom. The van der Waals surface area contributed by atoms with Crippen LogP contribution in [0.3, 0.4) is 0 Å². The standard InChI is InChI=1S/C25H14N.C5H8O2.Ir/c1-2-7-17-14-18(13-12-16(17)6-1)24-15-22-20-9-4-3-8-19(20)21-10-5-11-23(26-24)25(21)22;1-4(6)3-5(2)7;/h1-12,14-15H;3,6H,1-2H3;/q-1;;. The minimum absolute atomic E-state index is 0. The normalized spacial score (nSPS) is 11.4. The Morgan fingerprint density at radius 2 is 1.47 bits per heavy atom. The maximum atomic E-state index is 10.0. The summed E-state index contributed by atoms with van der Waals surface area (Å²) in [6, 6.07) is 33.3. The summed E-state index contributed by atoms with van der Waals surface area (Å²) in [7, 11) is 0. The second-order valence-corrected chi connectivity index (χ2v) is 8.17. The average molecular weight is 621 g/mol. The summed E-state index contributed by atoms with van der Waals surface area (Å²) in [5.74, 6) is -0.0625. The summed E-state index contributed by atoms with van der Waals surface area (Å²) in [6.07, 6.45) is 1.17. The van der Waals surface area contributed by atoms with Crippen LogP contribution in [0.1, 0.15) is 13.8 Å². The number of allylic oxidation sites excluding steroid dienone is 2. The van der Waals surface area contributed by atoms with Gasteiger partial charge in [0, 0.05) is 31.6 Å². The van der Waals surface area contributed by atoms with E-state index in [2.05, 4.69) is 91.0 Å². The fourth-order valence-corrected chi connectivity index (χ4v) is 4.38. The van der Waals surface area contributed by atoms with E-state index in [1.165, 1.54) is 58.3 Å². The van der Waals surface area contributed by atoms with Gasteiger partial charge in [0.25, 0.3) is 0 Å². The molecule has 1 radical (unpaired) electrons. The summed E-state index contributed by atoms with van der Waals surface area (Å²) in [4.78, 5) is 15.0. The third kappa shape index (κ3) is 4.43. The number of benzene rings is 4. The van der Waals surface area contributed by atoms with Gasteiger partial charge >= 0.3 is 0 Å². The molecule has 6 rings (SSSR count). The second-order valence-electron chi connectivity index (χ2n) is 8.17. The first-order chi connectivity index (χ1) is 16.0. The number of pyridine rings is 1. The number of ketones is 1. The summed E-state index contributed by atoms with van der Waals surface area (Å²) in [5, 5.41) is 12.0. The summed E-state index contributed by atoms with van der Waals surface area (Å²) in [6.45, 7) is 2.85. The van der Waals surface area contributed by atoms with Crippen LogP contribution >= 0.6 is 0 Å². The van der Waals surface area contributed by atoms with E-state index in [9.17, 15) is 4.79 Å². The smallest absolute Gasteiger partial charge is 0.155 e. The molecule has 0 unspecified atom stereocenters. The number of aromatic nitrogens is 1.